The van der Waals surface area contributed by atoms with Gasteiger partial charge in [-0.2, -0.15) is 0 Å². The molecule has 11 heavy (non-hydrogen) atoms. The molecule has 60 valence electrons. The van der Waals surface area contributed by atoms with Crippen molar-refractivity contribution in [3.63, 3.8) is 0 Å². The predicted molar refractivity (Wildman–Crippen MR) is 39.8 cm³/mol. The number of carboxylic acid groups (broad SMARTS) is 1. The molecular formula is C5H10NNaO4. The third-order valence-electron chi connectivity index (χ3n) is 0.684. The fourth-order valence-corrected chi connectivity index (χ4v) is 0.253. The molecule has 0 aliphatic heterocycles. The van der Waals surface area contributed by atoms with Crippen LogP contribution >= 0.6 is 0 Å². The van der Waals surface area contributed by atoms with Gasteiger partial charge in [0.25, 0.3) is 0 Å². The van der Waals surface area contributed by atoms with Gasteiger partial charge < -0.3 is 14.7 Å². The summed E-state index contributed by atoms with van der Waals surface area (Å²) in [7, 11) is 2.95. The van der Waals surface area contributed by atoms with Crippen LogP contribution in [0, 0.1) is 0 Å². The van der Waals surface area contributed by atoms with Gasteiger partial charge in [-0.05, 0) is 0 Å². The van der Waals surface area contributed by atoms with E-state index < -0.39 is 18.7 Å². The number of hydrogen-bond acceptors (Lipinski definition) is 3. The molecule has 0 aliphatic carbocycles. The standard InChI is InChI=1S/C5H9NO4.Na.H/c1-6(2)5(9)10-3-4(7)8;;/h3H2,1-2H3,(H,7,8);;. The zero-order valence-corrected chi connectivity index (χ0v) is 5.83. The van der Waals surface area contributed by atoms with Crippen LogP contribution in [0.2, 0.25) is 0 Å². The van der Waals surface area contributed by atoms with Crippen LogP contribution in [0.5, 0.6) is 0 Å². The van der Waals surface area contributed by atoms with Gasteiger partial charge in [-0.3, -0.25) is 0 Å². The van der Waals surface area contributed by atoms with Gasteiger partial charge in [-0.15, -0.1) is 0 Å². The van der Waals surface area contributed by atoms with E-state index in [1.807, 2.05) is 0 Å². The molecule has 0 aliphatic rings. The van der Waals surface area contributed by atoms with E-state index in [9.17, 15) is 9.59 Å². The molecule has 0 heterocycles. The number of nitrogens with zero attached hydrogens (tertiary/aromatic N) is 1. The quantitative estimate of drug-likeness (QED) is 0.548. The molecule has 6 heteroatoms. The second-order valence-electron chi connectivity index (χ2n) is 1.84. The van der Waals surface area contributed by atoms with Gasteiger partial charge in [-0.1, -0.05) is 0 Å². The second kappa shape index (κ2) is 6.45. The zero-order valence-electron chi connectivity index (χ0n) is 5.83. The number of aliphatic carboxylic acids is 1. The van der Waals surface area contributed by atoms with Crippen molar-refractivity contribution in [2.45, 2.75) is 0 Å². The van der Waals surface area contributed by atoms with Crippen LogP contribution in [0.4, 0.5) is 4.79 Å². The van der Waals surface area contributed by atoms with Gasteiger partial charge in [-0.25, -0.2) is 9.59 Å². The summed E-state index contributed by atoms with van der Waals surface area (Å²) in [5.74, 6) is -1.16. The van der Waals surface area contributed by atoms with Crippen LogP contribution in [0.25, 0.3) is 0 Å². The summed E-state index contributed by atoms with van der Waals surface area (Å²) in [5.41, 5.74) is 0. The Balaban J connectivity index is 0. The number of carbonyl (C=O) groups excluding carboxylic acids is 1. The number of rotatable bonds is 2. The summed E-state index contributed by atoms with van der Waals surface area (Å²) in [5, 5.41) is 8.05. The molecule has 0 aromatic heterocycles. The van der Waals surface area contributed by atoms with Crippen molar-refractivity contribution in [1.29, 1.82) is 0 Å². The summed E-state index contributed by atoms with van der Waals surface area (Å²) in [6.45, 7) is -0.586. The van der Waals surface area contributed by atoms with Crippen molar-refractivity contribution < 1.29 is 19.4 Å². The van der Waals surface area contributed by atoms with Gasteiger partial charge in [0.2, 0.25) is 0 Å². The molecule has 0 unspecified atom stereocenters. The van der Waals surface area contributed by atoms with Gasteiger partial charge in [0, 0.05) is 14.1 Å². The van der Waals surface area contributed by atoms with Crippen molar-refractivity contribution in [2.24, 2.45) is 0 Å². The number of carboxylic acids is 1. The van der Waals surface area contributed by atoms with E-state index in [0.29, 0.717) is 0 Å². The molecule has 1 amide bonds. The van der Waals surface area contributed by atoms with E-state index in [0.717, 1.165) is 4.90 Å². The first-order valence-corrected chi connectivity index (χ1v) is 2.60. The van der Waals surface area contributed by atoms with Crippen LogP contribution in [0.1, 0.15) is 0 Å². The van der Waals surface area contributed by atoms with Crippen molar-refractivity contribution >= 4 is 41.6 Å². The van der Waals surface area contributed by atoms with Crippen LogP contribution in [-0.2, 0) is 9.53 Å². The first-order valence-electron chi connectivity index (χ1n) is 2.60. The van der Waals surface area contributed by atoms with Crippen LogP contribution in [0.15, 0.2) is 0 Å². The Labute approximate surface area is 86.6 Å². The zero-order chi connectivity index (χ0) is 8.15. The molecule has 0 atom stereocenters. The van der Waals surface area contributed by atoms with E-state index in [4.69, 9.17) is 5.11 Å². The molecule has 0 saturated carbocycles. The van der Waals surface area contributed by atoms with E-state index >= 15 is 0 Å². The second-order valence-corrected chi connectivity index (χ2v) is 1.84. The maximum absolute atomic E-state index is 10.5. The van der Waals surface area contributed by atoms with E-state index in [-0.39, 0.29) is 29.6 Å². The maximum atomic E-state index is 10.5. The molecule has 0 fully saturated rings. The number of hydrogen-bond donors (Lipinski definition) is 1. The summed E-state index contributed by atoms with van der Waals surface area (Å²) in [4.78, 5) is 21.5. The van der Waals surface area contributed by atoms with E-state index in [1.54, 1.807) is 0 Å². The van der Waals surface area contributed by atoms with Crippen molar-refractivity contribution in [3.8, 4) is 0 Å². The Morgan fingerprint density at radius 1 is 1.45 bits per heavy atom. The summed E-state index contributed by atoms with van der Waals surface area (Å²) in [6, 6.07) is 0. The molecular weight excluding hydrogens is 161 g/mol. The molecule has 0 aromatic carbocycles. The van der Waals surface area contributed by atoms with E-state index in [1.165, 1.54) is 14.1 Å². The van der Waals surface area contributed by atoms with Gasteiger partial charge in [0.05, 0.1) is 0 Å². The average molecular weight is 171 g/mol. The van der Waals surface area contributed by atoms with Crippen molar-refractivity contribution in [1.82, 2.24) is 4.90 Å². The topological polar surface area (TPSA) is 66.8 Å². The molecule has 0 spiro atoms. The van der Waals surface area contributed by atoms with Gasteiger partial charge in [0.15, 0.2) is 6.61 Å². The Morgan fingerprint density at radius 2 is 1.91 bits per heavy atom. The first kappa shape index (κ1) is 13.3. The normalized spacial score (nSPS) is 7.82. The minimum absolute atomic E-state index is 0. The number of ether oxygens (including phenoxy) is 1. The Kier molecular flexibility index (Phi) is 7.82. The molecule has 5 nitrogen and oxygen atoms in total. The fourth-order valence-electron chi connectivity index (χ4n) is 0.253. The fraction of sp³-hybridized carbons (Fsp3) is 0.600. The Hall–Kier alpha value is -0.260. The molecule has 0 saturated heterocycles. The molecule has 0 radical (unpaired) electrons. The molecule has 0 rings (SSSR count). The third-order valence-corrected chi connectivity index (χ3v) is 0.684. The minimum atomic E-state index is -1.16. The summed E-state index contributed by atoms with van der Waals surface area (Å²) in [6.07, 6.45) is -0.651. The molecule has 0 aromatic rings. The van der Waals surface area contributed by atoms with Gasteiger partial charge in [0.1, 0.15) is 0 Å². The average Bonchev–Trinajstić information content (AvgIpc) is 1.82. The molecule has 1 N–H and O–H groups in total. The SMILES string of the molecule is CN(C)C(=O)OCC(=O)O.[NaH]. The van der Waals surface area contributed by atoms with Crippen molar-refractivity contribution in [2.75, 3.05) is 20.7 Å². The third kappa shape index (κ3) is 7.64. The molecule has 0 bridgehead atoms. The van der Waals surface area contributed by atoms with Crippen LogP contribution in [-0.4, -0.2) is 72.3 Å². The Bertz CT molecular complexity index is 147. The van der Waals surface area contributed by atoms with Crippen LogP contribution in [0.3, 0.4) is 0 Å². The number of amides is 1. The summed E-state index contributed by atoms with van der Waals surface area (Å²) < 4.78 is 4.25. The Morgan fingerprint density at radius 3 is 2.18 bits per heavy atom. The summed E-state index contributed by atoms with van der Waals surface area (Å²) >= 11 is 0. The predicted octanol–water partition coefficient (Wildman–Crippen LogP) is -0.879. The monoisotopic (exact) mass is 171 g/mol. The first-order chi connectivity index (χ1) is 4.54. The van der Waals surface area contributed by atoms with Crippen LogP contribution < -0.4 is 0 Å². The van der Waals surface area contributed by atoms with Gasteiger partial charge >= 0.3 is 41.6 Å². The van der Waals surface area contributed by atoms with Crippen molar-refractivity contribution in [3.05, 3.63) is 0 Å². The van der Waals surface area contributed by atoms with E-state index in [2.05, 4.69) is 4.74 Å². The number of carbonyl (C=O) groups is 2.